The summed E-state index contributed by atoms with van der Waals surface area (Å²) in [6.45, 7) is 0. The lowest BCUT2D eigenvalue weighted by molar-refractivity contribution is 0.0696. The number of hydrogen-bond donors (Lipinski definition) is 2. The average Bonchev–Trinajstić information content (AvgIpc) is 2.42. The molecule has 19 heavy (non-hydrogen) atoms. The van der Waals surface area contributed by atoms with Crippen molar-refractivity contribution < 1.29 is 19.1 Å². The molecule has 0 aliphatic carbocycles. The van der Waals surface area contributed by atoms with E-state index in [1.54, 1.807) is 30.3 Å². The van der Waals surface area contributed by atoms with E-state index < -0.39 is 17.7 Å². The summed E-state index contributed by atoms with van der Waals surface area (Å²) in [7, 11) is 0. The van der Waals surface area contributed by atoms with Gasteiger partial charge in [0.05, 0.1) is 11.3 Å². The van der Waals surface area contributed by atoms with Crippen LogP contribution in [-0.4, -0.2) is 17.0 Å². The lowest BCUT2D eigenvalue weighted by Gasteiger charge is -2.07. The van der Waals surface area contributed by atoms with Crippen molar-refractivity contribution in [3.05, 3.63) is 65.5 Å². The number of carboxylic acids is 1. The molecule has 0 aliphatic rings. The maximum atomic E-state index is 13.5. The Labute approximate surface area is 108 Å². The summed E-state index contributed by atoms with van der Waals surface area (Å²) in [5, 5.41) is 11.2. The third kappa shape index (κ3) is 2.95. The van der Waals surface area contributed by atoms with E-state index in [1.807, 2.05) is 0 Å². The first-order valence-electron chi connectivity index (χ1n) is 5.47. The van der Waals surface area contributed by atoms with Crippen molar-refractivity contribution in [1.82, 2.24) is 0 Å². The van der Waals surface area contributed by atoms with Crippen LogP contribution in [0.1, 0.15) is 20.7 Å². The van der Waals surface area contributed by atoms with Crippen LogP contribution in [-0.2, 0) is 0 Å². The van der Waals surface area contributed by atoms with Crippen LogP contribution in [0.3, 0.4) is 0 Å². The van der Waals surface area contributed by atoms with E-state index in [0.717, 1.165) is 18.2 Å². The largest absolute Gasteiger partial charge is 0.478 e. The van der Waals surface area contributed by atoms with E-state index in [-0.39, 0.29) is 11.3 Å². The lowest BCUT2D eigenvalue weighted by atomic mass is 10.1. The fourth-order valence-electron chi connectivity index (χ4n) is 1.54. The van der Waals surface area contributed by atoms with Gasteiger partial charge in [0, 0.05) is 5.56 Å². The normalized spacial score (nSPS) is 9.95. The van der Waals surface area contributed by atoms with E-state index in [9.17, 15) is 14.0 Å². The van der Waals surface area contributed by atoms with Gasteiger partial charge in [-0.05, 0) is 30.3 Å². The second-order valence-corrected chi connectivity index (χ2v) is 3.82. The van der Waals surface area contributed by atoms with Gasteiger partial charge in [0.25, 0.3) is 5.91 Å². The van der Waals surface area contributed by atoms with Gasteiger partial charge in [0.15, 0.2) is 0 Å². The molecule has 0 bridgehead atoms. The summed E-state index contributed by atoms with van der Waals surface area (Å²) in [4.78, 5) is 22.6. The van der Waals surface area contributed by atoms with E-state index in [0.29, 0.717) is 5.56 Å². The van der Waals surface area contributed by atoms with Gasteiger partial charge in [0.1, 0.15) is 5.82 Å². The van der Waals surface area contributed by atoms with Crippen molar-refractivity contribution in [2.75, 3.05) is 5.32 Å². The van der Waals surface area contributed by atoms with Crippen molar-refractivity contribution in [3.8, 4) is 0 Å². The number of amides is 1. The first kappa shape index (κ1) is 12.8. The summed E-state index contributed by atoms with van der Waals surface area (Å²) in [6, 6.07) is 11.5. The maximum Gasteiger partial charge on any atom is 0.335 e. The number of benzene rings is 2. The van der Waals surface area contributed by atoms with Gasteiger partial charge in [-0.25, -0.2) is 9.18 Å². The van der Waals surface area contributed by atoms with Crippen LogP contribution in [0.2, 0.25) is 0 Å². The fraction of sp³-hybridized carbons (Fsp3) is 0. The van der Waals surface area contributed by atoms with Gasteiger partial charge in [-0.15, -0.1) is 0 Å². The Balaban J connectivity index is 2.26. The molecule has 2 N–H and O–H groups in total. The highest BCUT2D eigenvalue weighted by atomic mass is 19.1. The minimum Gasteiger partial charge on any atom is -0.478 e. The fourth-order valence-corrected chi connectivity index (χ4v) is 1.54. The molecule has 2 aromatic rings. The highest BCUT2D eigenvalue weighted by Gasteiger charge is 2.12. The van der Waals surface area contributed by atoms with Crippen molar-refractivity contribution in [1.29, 1.82) is 0 Å². The zero-order valence-electron chi connectivity index (χ0n) is 9.76. The van der Waals surface area contributed by atoms with Crippen LogP contribution in [0.25, 0.3) is 0 Å². The molecule has 0 aromatic heterocycles. The summed E-state index contributed by atoms with van der Waals surface area (Å²) in [5.74, 6) is -2.37. The number of carbonyl (C=O) groups excluding carboxylic acids is 1. The third-order valence-electron chi connectivity index (χ3n) is 2.50. The lowest BCUT2D eigenvalue weighted by Crippen LogP contribution is -2.13. The number of nitrogens with one attached hydrogen (secondary N) is 1. The van der Waals surface area contributed by atoms with Crippen LogP contribution in [0.4, 0.5) is 10.1 Å². The molecule has 5 heteroatoms. The number of aromatic carboxylic acids is 1. The first-order valence-corrected chi connectivity index (χ1v) is 5.47. The van der Waals surface area contributed by atoms with E-state index in [4.69, 9.17) is 5.11 Å². The van der Waals surface area contributed by atoms with Crippen molar-refractivity contribution in [3.63, 3.8) is 0 Å². The SMILES string of the molecule is O=C(O)c1ccc(F)c(NC(=O)c2ccccc2)c1. The number of rotatable bonds is 3. The molecule has 0 spiro atoms. The van der Waals surface area contributed by atoms with Crippen molar-refractivity contribution in [2.24, 2.45) is 0 Å². The molecule has 0 atom stereocenters. The van der Waals surface area contributed by atoms with Crippen LogP contribution in [0.5, 0.6) is 0 Å². The van der Waals surface area contributed by atoms with E-state index >= 15 is 0 Å². The number of anilines is 1. The maximum absolute atomic E-state index is 13.5. The van der Waals surface area contributed by atoms with Gasteiger partial charge in [-0.2, -0.15) is 0 Å². The van der Waals surface area contributed by atoms with Crippen molar-refractivity contribution >= 4 is 17.6 Å². The van der Waals surface area contributed by atoms with Gasteiger partial charge in [0.2, 0.25) is 0 Å². The highest BCUT2D eigenvalue weighted by molar-refractivity contribution is 6.04. The standard InChI is InChI=1S/C14H10FNO3/c15-11-7-6-10(14(18)19)8-12(11)16-13(17)9-4-2-1-3-5-9/h1-8H,(H,16,17)(H,18,19). The molecule has 0 saturated carbocycles. The Kier molecular flexibility index (Phi) is 3.56. The number of carboxylic acid groups (broad SMARTS) is 1. The molecule has 1 amide bonds. The number of halogens is 1. The van der Waals surface area contributed by atoms with E-state index in [1.165, 1.54) is 0 Å². The topological polar surface area (TPSA) is 66.4 Å². The minimum absolute atomic E-state index is 0.0928. The Morgan fingerprint density at radius 1 is 1.00 bits per heavy atom. The minimum atomic E-state index is -1.18. The summed E-state index contributed by atoms with van der Waals surface area (Å²) in [5.41, 5.74) is 0.112. The van der Waals surface area contributed by atoms with E-state index in [2.05, 4.69) is 5.32 Å². The van der Waals surface area contributed by atoms with Crippen LogP contribution < -0.4 is 5.32 Å². The Bertz CT molecular complexity index is 626. The zero-order chi connectivity index (χ0) is 13.8. The second kappa shape index (κ2) is 5.30. The molecule has 2 rings (SSSR count). The van der Waals surface area contributed by atoms with Gasteiger partial charge < -0.3 is 10.4 Å². The number of carbonyl (C=O) groups is 2. The molecule has 4 nitrogen and oxygen atoms in total. The number of hydrogen-bond acceptors (Lipinski definition) is 2. The molecule has 2 aromatic carbocycles. The molecule has 96 valence electrons. The predicted molar refractivity (Wildman–Crippen MR) is 67.8 cm³/mol. The molecule has 0 aliphatic heterocycles. The van der Waals surface area contributed by atoms with Gasteiger partial charge in [-0.1, -0.05) is 18.2 Å². The predicted octanol–water partition coefficient (Wildman–Crippen LogP) is 2.78. The molecule has 0 unspecified atom stereocenters. The third-order valence-corrected chi connectivity index (χ3v) is 2.50. The van der Waals surface area contributed by atoms with Gasteiger partial charge in [-0.3, -0.25) is 4.79 Å². The summed E-state index contributed by atoms with van der Waals surface area (Å²) >= 11 is 0. The Morgan fingerprint density at radius 3 is 2.32 bits per heavy atom. The average molecular weight is 259 g/mol. The van der Waals surface area contributed by atoms with Crippen LogP contribution >= 0.6 is 0 Å². The Morgan fingerprint density at radius 2 is 1.68 bits per heavy atom. The molecule has 0 heterocycles. The highest BCUT2D eigenvalue weighted by Crippen LogP contribution is 2.17. The van der Waals surface area contributed by atoms with Crippen LogP contribution in [0, 0.1) is 5.82 Å². The van der Waals surface area contributed by atoms with Crippen LogP contribution in [0.15, 0.2) is 48.5 Å². The smallest absolute Gasteiger partial charge is 0.335 e. The molecule has 0 radical (unpaired) electrons. The summed E-state index contributed by atoms with van der Waals surface area (Å²) < 4.78 is 13.5. The molecular weight excluding hydrogens is 249 g/mol. The summed E-state index contributed by atoms with van der Waals surface area (Å²) in [6.07, 6.45) is 0. The second-order valence-electron chi connectivity index (χ2n) is 3.82. The monoisotopic (exact) mass is 259 g/mol. The molecule has 0 saturated heterocycles. The quantitative estimate of drug-likeness (QED) is 0.890. The first-order chi connectivity index (χ1) is 9.08. The molecular formula is C14H10FNO3. The molecule has 0 fully saturated rings. The zero-order valence-corrected chi connectivity index (χ0v) is 9.76. The van der Waals surface area contributed by atoms with Gasteiger partial charge >= 0.3 is 5.97 Å². The van der Waals surface area contributed by atoms with Crippen molar-refractivity contribution in [2.45, 2.75) is 0 Å². The Hall–Kier alpha value is -2.69.